The molecule has 1 aliphatic rings. The fourth-order valence-electron chi connectivity index (χ4n) is 2.70. The number of carbonyl (C=O) groups excluding carboxylic acids is 2. The van der Waals surface area contributed by atoms with Gasteiger partial charge in [-0.2, -0.15) is 4.31 Å². The number of nitrogens with one attached hydrogen (secondary N) is 2. The van der Waals surface area contributed by atoms with Gasteiger partial charge in [0, 0.05) is 13.1 Å². The summed E-state index contributed by atoms with van der Waals surface area (Å²) in [5, 5.41) is 6.65. The molecule has 0 aliphatic carbocycles. The maximum Gasteiger partial charge on any atom is 0.309 e. The Hall–Kier alpha value is -2.27. The highest BCUT2D eigenvalue weighted by molar-refractivity contribution is 7.91. The molecule has 0 saturated carbocycles. The zero-order chi connectivity index (χ0) is 20.1. The van der Waals surface area contributed by atoms with Crippen molar-refractivity contribution in [2.75, 3.05) is 19.7 Å². The minimum atomic E-state index is -3.69. The van der Waals surface area contributed by atoms with Crippen LogP contribution in [0.2, 0.25) is 0 Å². The zero-order valence-electron chi connectivity index (χ0n) is 15.3. The highest BCUT2D eigenvalue weighted by atomic mass is 32.2. The van der Waals surface area contributed by atoms with Crippen molar-refractivity contribution in [2.24, 2.45) is 0 Å². The van der Waals surface area contributed by atoms with Gasteiger partial charge in [0.25, 0.3) is 10.0 Å². The number of benzene rings is 1. The normalized spacial score (nSPS) is 17.4. The smallest absolute Gasteiger partial charge is 0.309 e. The molecule has 1 fully saturated rings. The van der Waals surface area contributed by atoms with Gasteiger partial charge in [-0.1, -0.05) is 35.9 Å². The number of ether oxygens (including phenoxy) is 1. The molecule has 1 atom stereocenters. The van der Waals surface area contributed by atoms with Crippen molar-refractivity contribution in [1.29, 1.82) is 0 Å². The van der Waals surface area contributed by atoms with Gasteiger partial charge in [-0.25, -0.2) is 8.42 Å². The first-order valence-electron chi connectivity index (χ1n) is 8.66. The summed E-state index contributed by atoms with van der Waals surface area (Å²) < 4.78 is 32.1. The van der Waals surface area contributed by atoms with Crippen LogP contribution in [0, 0.1) is 6.92 Å². The molecule has 1 saturated heterocycles. The summed E-state index contributed by atoms with van der Waals surface area (Å²) in [6, 6.07) is 10.7. The van der Waals surface area contributed by atoms with E-state index < -0.39 is 28.1 Å². The van der Waals surface area contributed by atoms with E-state index in [1.54, 1.807) is 11.4 Å². The molecule has 3 rings (SSSR count). The molecule has 28 heavy (non-hydrogen) atoms. The van der Waals surface area contributed by atoms with Gasteiger partial charge in [0.15, 0.2) is 0 Å². The summed E-state index contributed by atoms with van der Waals surface area (Å²) in [5.74, 6) is -1.62. The molecular formula is C18H21N3O5S2. The van der Waals surface area contributed by atoms with Crippen LogP contribution < -0.4 is 10.6 Å². The summed E-state index contributed by atoms with van der Waals surface area (Å²) in [6.07, 6.45) is -0.846. The van der Waals surface area contributed by atoms with Gasteiger partial charge in [0.2, 0.25) is 0 Å². The van der Waals surface area contributed by atoms with E-state index in [1.807, 2.05) is 31.2 Å². The van der Waals surface area contributed by atoms with Crippen LogP contribution in [0.3, 0.4) is 0 Å². The van der Waals surface area contributed by atoms with Crippen LogP contribution in [0.25, 0.3) is 0 Å². The maximum atomic E-state index is 12.6. The Balaban J connectivity index is 1.51. The Labute approximate surface area is 167 Å². The number of thiophene rings is 1. The lowest BCUT2D eigenvalue weighted by Gasteiger charge is -2.22. The van der Waals surface area contributed by atoms with E-state index in [1.165, 1.54) is 10.4 Å². The summed E-state index contributed by atoms with van der Waals surface area (Å²) in [5.41, 5.74) is 1.98. The second-order valence-electron chi connectivity index (χ2n) is 6.25. The Morgan fingerprint density at radius 2 is 1.89 bits per heavy atom. The van der Waals surface area contributed by atoms with Gasteiger partial charge in [-0.3, -0.25) is 9.59 Å². The van der Waals surface area contributed by atoms with Gasteiger partial charge in [-0.05, 0) is 23.9 Å². The number of nitrogens with zero attached hydrogens (tertiary/aromatic N) is 1. The predicted octanol–water partition coefficient (Wildman–Crippen LogP) is 0.836. The van der Waals surface area contributed by atoms with Crippen molar-refractivity contribution in [1.82, 2.24) is 14.9 Å². The van der Waals surface area contributed by atoms with Crippen LogP contribution in [0.1, 0.15) is 11.1 Å². The molecule has 10 heteroatoms. The molecule has 0 radical (unpaired) electrons. The Morgan fingerprint density at radius 1 is 1.18 bits per heavy atom. The van der Waals surface area contributed by atoms with Crippen LogP contribution in [-0.4, -0.2) is 50.5 Å². The Morgan fingerprint density at radius 3 is 2.57 bits per heavy atom. The molecule has 1 aromatic heterocycles. The lowest BCUT2D eigenvalue weighted by atomic mass is 10.1. The first-order valence-corrected chi connectivity index (χ1v) is 11.0. The van der Waals surface area contributed by atoms with E-state index in [4.69, 9.17) is 4.74 Å². The van der Waals surface area contributed by atoms with Crippen molar-refractivity contribution >= 4 is 33.2 Å². The molecule has 0 unspecified atom stereocenters. The minimum absolute atomic E-state index is 0.110. The molecule has 2 N–H and O–H groups in total. The lowest BCUT2D eigenvalue weighted by molar-refractivity contribution is -0.139. The molecular weight excluding hydrogens is 402 g/mol. The number of sulfonamides is 1. The zero-order valence-corrected chi connectivity index (χ0v) is 16.9. The van der Waals surface area contributed by atoms with E-state index in [0.717, 1.165) is 22.5 Å². The first-order chi connectivity index (χ1) is 13.4. The van der Waals surface area contributed by atoms with E-state index in [0.29, 0.717) is 0 Å². The van der Waals surface area contributed by atoms with Crippen molar-refractivity contribution in [3.8, 4) is 0 Å². The van der Waals surface area contributed by atoms with Gasteiger partial charge in [0.1, 0.15) is 10.4 Å². The number of aryl methyl sites for hydroxylation is 1. The van der Waals surface area contributed by atoms with Crippen LogP contribution in [0.4, 0.5) is 0 Å². The fourth-order valence-corrected chi connectivity index (χ4v) is 5.33. The van der Waals surface area contributed by atoms with Crippen LogP contribution >= 0.6 is 11.3 Å². The molecule has 1 aromatic carbocycles. The monoisotopic (exact) mass is 423 g/mol. The predicted molar refractivity (Wildman–Crippen MR) is 104 cm³/mol. The molecule has 1 aliphatic heterocycles. The Kier molecular flexibility index (Phi) is 6.45. The molecule has 8 nitrogen and oxygen atoms in total. The highest BCUT2D eigenvalue weighted by Crippen LogP contribution is 2.25. The van der Waals surface area contributed by atoms with Gasteiger partial charge >= 0.3 is 11.8 Å². The van der Waals surface area contributed by atoms with Crippen molar-refractivity contribution in [3.05, 3.63) is 52.9 Å². The third-order valence-electron chi connectivity index (χ3n) is 4.22. The number of rotatable bonds is 6. The van der Waals surface area contributed by atoms with Gasteiger partial charge in [-0.15, -0.1) is 11.3 Å². The van der Waals surface area contributed by atoms with Crippen LogP contribution in [0.15, 0.2) is 46.0 Å². The van der Waals surface area contributed by atoms with E-state index in [-0.39, 0.29) is 30.5 Å². The Bertz CT molecular complexity index is 927. The SMILES string of the molecule is Cc1ccc(CNC(=O)C(=O)NC[C@@H]2OCCN2S(=O)(=O)c2cccs2)cc1. The standard InChI is InChI=1S/C18H21N3O5S2/c1-13-4-6-14(7-5-13)11-19-17(22)18(23)20-12-15-21(8-9-26-15)28(24,25)16-3-2-10-27-16/h2-7,10,15H,8-9,11-12H2,1H3,(H,19,22)(H,20,23)/t15-/m0/s1. The van der Waals surface area contributed by atoms with Crippen molar-refractivity contribution < 1.29 is 22.7 Å². The van der Waals surface area contributed by atoms with E-state index in [9.17, 15) is 18.0 Å². The number of carbonyl (C=O) groups is 2. The molecule has 150 valence electrons. The summed E-state index contributed by atoms with van der Waals surface area (Å²) in [4.78, 5) is 24.0. The molecule has 2 amide bonds. The number of hydrogen-bond acceptors (Lipinski definition) is 6. The fraction of sp³-hybridized carbons (Fsp3) is 0.333. The van der Waals surface area contributed by atoms with Crippen LogP contribution in [0.5, 0.6) is 0 Å². The molecule has 2 aromatic rings. The first kappa shape index (κ1) is 20.5. The minimum Gasteiger partial charge on any atom is -0.359 e. The maximum absolute atomic E-state index is 12.6. The van der Waals surface area contributed by atoms with E-state index in [2.05, 4.69) is 10.6 Å². The summed E-state index contributed by atoms with van der Waals surface area (Å²) in [6.45, 7) is 2.50. The third kappa shape index (κ3) is 4.76. The quantitative estimate of drug-likeness (QED) is 0.670. The molecule has 0 spiro atoms. The average Bonchev–Trinajstić information content (AvgIpc) is 3.37. The lowest BCUT2D eigenvalue weighted by Crippen LogP contribution is -2.47. The summed E-state index contributed by atoms with van der Waals surface area (Å²) >= 11 is 1.12. The third-order valence-corrected chi connectivity index (χ3v) is 7.48. The molecule has 0 bridgehead atoms. The van der Waals surface area contributed by atoms with Crippen molar-refractivity contribution in [2.45, 2.75) is 23.9 Å². The van der Waals surface area contributed by atoms with Crippen molar-refractivity contribution in [3.63, 3.8) is 0 Å². The average molecular weight is 424 g/mol. The van der Waals surface area contributed by atoms with E-state index >= 15 is 0 Å². The summed E-state index contributed by atoms with van der Waals surface area (Å²) in [7, 11) is -3.69. The number of amides is 2. The second-order valence-corrected chi connectivity index (χ2v) is 9.32. The molecule has 2 heterocycles. The largest absolute Gasteiger partial charge is 0.359 e. The van der Waals surface area contributed by atoms with Gasteiger partial charge < -0.3 is 15.4 Å². The topological polar surface area (TPSA) is 105 Å². The van der Waals surface area contributed by atoms with Crippen LogP contribution in [-0.2, 0) is 30.9 Å². The second kappa shape index (κ2) is 8.82. The highest BCUT2D eigenvalue weighted by Gasteiger charge is 2.37. The number of hydrogen-bond donors (Lipinski definition) is 2. The van der Waals surface area contributed by atoms with Gasteiger partial charge in [0.05, 0.1) is 13.2 Å².